The first-order valence-corrected chi connectivity index (χ1v) is 11.4. The smallest absolute Gasteiger partial charge is 0.408 e. The van der Waals surface area contributed by atoms with E-state index < -0.39 is 29.6 Å². The number of nitrogens with zero attached hydrogens (tertiary/aromatic N) is 1. The zero-order valence-corrected chi connectivity index (χ0v) is 20.8. The Hall–Kier alpha value is -3.55. The van der Waals surface area contributed by atoms with E-state index >= 15 is 0 Å². The first-order valence-electron chi connectivity index (χ1n) is 11.4. The molecule has 0 spiro atoms. The molecule has 0 heterocycles. The standard InChI is InChI=1S/C26H35N3O5/c1-7-15-29(21(30)16-27-25(33)34-26(4,5)6)22(19-13-10-12-18(3)23(19)31)24(32)28-20-14-9-8-11-17(20)2/h8-14,22,31H,7,15-16H2,1-6H3,(H,27,33)(H,28,32). The number of aryl methyl sites for hydroxylation is 2. The van der Waals surface area contributed by atoms with Crippen LogP contribution in [-0.4, -0.2) is 46.6 Å². The summed E-state index contributed by atoms with van der Waals surface area (Å²) in [4.78, 5) is 40.2. The van der Waals surface area contributed by atoms with E-state index in [0.717, 1.165) is 5.56 Å². The van der Waals surface area contributed by atoms with Gasteiger partial charge in [0.05, 0.1) is 0 Å². The van der Waals surface area contributed by atoms with Crippen LogP contribution in [0.15, 0.2) is 42.5 Å². The van der Waals surface area contributed by atoms with Crippen LogP contribution in [0, 0.1) is 13.8 Å². The van der Waals surface area contributed by atoms with Gasteiger partial charge in [-0.15, -0.1) is 0 Å². The molecule has 0 saturated heterocycles. The van der Waals surface area contributed by atoms with Crippen molar-refractivity contribution in [3.05, 3.63) is 59.2 Å². The predicted molar refractivity (Wildman–Crippen MR) is 132 cm³/mol. The quantitative estimate of drug-likeness (QED) is 0.529. The average Bonchev–Trinajstić information content (AvgIpc) is 2.75. The predicted octanol–water partition coefficient (Wildman–Crippen LogP) is 4.45. The van der Waals surface area contributed by atoms with Gasteiger partial charge in [0, 0.05) is 17.8 Å². The molecule has 0 bridgehead atoms. The number of carbonyl (C=O) groups is 3. The molecule has 0 saturated carbocycles. The Morgan fingerprint density at radius 2 is 1.68 bits per heavy atom. The number of anilines is 1. The molecule has 184 valence electrons. The normalized spacial score (nSPS) is 11.9. The number of phenolic OH excluding ortho intramolecular Hbond substituents is 1. The minimum atomic E-state index is -1.10. The lowest BCUT2D eigenvalue weighted by Crippen LogP contribution is -2.46. The van der Waals surface area contributed by atoms with Crippen LogP contribution in [0.2, 0.25) is 0 Å². The molecule has 2 rings (SSSR count). The number of phenols is 1. The van der Waals surface area contributed by atoms with Crippen molar-refractivity contribution in [3.8, 4) is 5.75 Å². The number of aromatic hydroxyl groups is 1. The number of alkyl carbamates (subject to hydrolysis) is 1. The lowest BCUT2D eigenvalue weighted by molar-refractivity contribution is -0.138. The van der Waals surface area contributed by atoms with Gasteiger partial charge in [-0.05, 0) is 58.2 Å². The number of amides is 3. The molecule has 0 aliphatic heterocycles. The fourth-order valence-corrected chi connectivity index (χ4v) is 3.47. The number of para-hydroxylation sites is 2. The minimum absolute atomic E-state index is 0.0542. The molecule has 2 aromatic rings. The summed E-state index contributed by atoms with van der Waals surface area (Å²) in [6.07, 6.45) is -0.157. The first kappa shape index (κ1) is 26.7. The van der Waals surface area contributed by atoms with Crippen LogP contribution in [0.3, 0.4) is 0 Å². The average molecular weight is 470 g/mol. The van der Waals surface area contributed by atoms with Gasteiger partial charge in [0.15, 0.2) is 0 Å². The van der Waals surface area contributed by atoms with Gasteiger partial charge >= 0.3 is 6.09 Å². The highest BCUT2D eigenvalue weighted by atomic mass is 16.6. The number of carbonyl (C=O) groups excluding carboxylic acids is 3. The summed E-state index contributed by atoms with van der Waals surface area (Å²) in [5.41, 5.74) is 1.66. The highest BCUT2D eigenvalue weighted by molar-refractivity contribution is 5.99. The maximum atomic E-state index is 13.5. The van der Waals surface area contributed by atoms with E-state index in [1.165, 1.54) is 4.90 Å². The summed E-state index contributed by atoms with van der Waals surface area (Å²) < 4.78 is 5.21. The van der Waals surface area contributed by atoms with E-state index in [1.807, 2.05) is 32.0 Å². The lowest BCUT2D eigenvalue weighted by Gasteiger charge is -2.32. The fraction of sp³-hybridized carbons (Fsp3) is 0.423. The summed E-state index contributed by atoms with van der Waals surface area (Å²) in [5.74, 6) is -0.991. The van der Waals surface area contributed by atoms with Gasteiger partial charge in [0.1, 0.15) is 23.9 Å². The van der Waals surface area contributed by atoms with Crippen LogP contribution in [0.4, 0.5) is 10.5 Å². The molecule has 1 atom stereocenters. The summed E-state index contributed by atoms with van der Waals surface area (Å²) in [6, 6.07) is 11.3. The van der Waals surface area contributed by atoms with Gasteiger partial charge in [0.2, 0.25) is 5.91 Å². The third-order valence-electron chi connectivity index (χ3n) is 5.09. The second-order valence-electron chi connectivity index (χ2n) is 9.16. The van der Waals surface area contributed by atoms with Gasteiger partial charge in [-0.1, -0.05) is 43.3 Å². The molecule has 34 heavy (non-hydrogen) atoms. The van der Waals surface area contributed by atoms with E-state index in [1.54, 1.807) is 52.0 Å². The zero-order valence-electron chi connectivity index (χ0n) is 20.8. The van der Waals surface area contributed by atoms with E-state index in [-0.39, 0.29) is 18.8 Å². The van der Waals surface area contributed by atoms with Crippen LogP contribution >= 0.6 is 0 Å². The third-order valence-corrected chi connectivity index (χ3v) is 5.09. The van der Waals surface area contributed by atoms with Crippen molar-refractivity contribution >= 4 is 23.6 Å². The second kappa shape index (κ2) is 11.5. The molecule has 3 amide bonds. The zero-order chi connectivity index (χ0) is 25.5. The Morgan fingerprint density at radius 3 is 2.29 bits per heavy atom. The van der Waals surface area contributed by atoms with Crippen LogP contribution in [0.5, 0.6) is 5.75 Å². The molecule has 8 heteroatoms. The van der Waals surface area contributed by atoms with Crippen LogP contribution in [0.25, 0.3) is 0 Å². The molecule has 0 aliphatic rings. The first-order chi connectivity index (χ1) is 15.9. The van der Waals surface area contributed by atoms with Crippen molar-refractivity contribution in [2.45, 2.75) is 59.6 Å². The summed E-state index contributed by atoms with van der Waals surface area (Å²) >= 11 is 0. The Morgan fingerprint density at radius 1 is 1.03 bits per heavy atom. The molecule has 2 aromatic carbocycles. The molecule has 0 fully saturated rings. The van der Waals surface area contributed by atoms with Crippen LogP contribution in [-0.2, 0) is 14.3 Å². The summed E-state index contributed by atoms with van der Waals surface area (Å²) in [5, 5.41) is 16.1. The van der Waals surface area contributed by atoms with Crippen molar-refractivity contribution in [2.24, 2.45) is 0 Å². The molecule has 0 aromatic heterocycles. The van der Waals surface area contributed by atoms with Crippen LogP contribution < -0.4 is 10.6 Å². The Kier molecular flexibility index (Phi) is 9.06. The largest absolute Gasteiger partial charge is 0.507 e. The molecule has 3 N–H and O–H groups in total. The second-order valence-corrected chi connectivity index (χ2v) is 9.16. The number of nitrogens with one attached hydrogen (secondary N) is 2. The van der Waals surface area contributed by atoms with Crippen molar-refractivity contribution < 1.29 is 24.2 Å². The number of hydrogen-bond donors (Lipinski definition) is 3. The fourth-order valence-electron chi connectivity index (χ4n) is 3.47. The minimum Gasteiger partial charge on any atom is -0.507 e. The monoisotopic (exact) mass is 469 g/mol. The van der Waals surface area contributed by atoms with E-state index in [4.69, 9.17) is 4.74 Å². The Bertz CT molecular complexity index is 1030. The summed E-state index contributed by atoms with van der Waals surface area (Å²) in [6.45, 7) is 10.6. The Labute approximate surface area is 201 Å². The SMILES string of the molecule is CCCN(C(=O)CNC(=O)OC(C)(C)C)C(C(=O)Nc1ccccc1C)c1cccc(C)c1O. The maximum Gasteiger partial charge on any atom is 0.408 e. The highest BCUT2D eigenvalue weighted by Crippen LogP contribution is 2.33. The third kappa shape index (κ3) is 7.23. The molecule has 1 unspecified atom stereocenters. The molecule has 8 nitrogen and oxygen atoms in total. The number of ether oxygens (including phenoxy) is 1. The van der Waals surface area contributed by atoms with Gasteiger partial charge in [-0.2, -0.15) is 0 Å². The molecule has 0 aliphatic carbocycles. The van der Waals surface area contributed by atoms with Gasteiger partial charge < -0.3 is 25.4 Å². The van der Waals surface area contributed by atoms with E-state index in [0.29, 0.717) is 23.2 Å². The van der Waals surface area contributed by atoms with Crippen molar-refractivity contribution in [1.29, 1.82) is 0 Å². The highest BCUT2D eigenvalue weighted by Gasteiger charge is 2.33. The number of hydrogen-bond acceptors (Lipinski definition) is 5. The lowest BCUT2D eigenvalue weighted by atomic mass is 9.99. The van der Waals surface area contributed by atoms with Crippen LogP contribution in [0.1, 0.15) is 56.8 Å². The number of benzene rings is 2. The molecule has 0 radical (unpaired) electrons. The van der Waals surface area contributed by atoms with Crippen molar-refractivity contribution in [1.82, 2.24) is 10.2 Å². The summed E-state index contributed by atoms with van der Waals surface area (Å²) in [7, 11) is 0. The Balaban J connectivity index is 2.39. The molecular weight excluding hydrogens is 434 g/mol. The van der Waals surface area contributed by atoms with E-state index in [9.17, 15) is 19.5 Å². The van der Waals surface area contributed by atoms with Crippen molar-refractivity contribution in [3.63, 3.8) is 0 Å². The molecular formula is C26H35N3O5. The number of rotatable bonds is 8. The van der Waals surface area contributed by atoms with Gasteiger partial charge in [0.25, 0.3) is 5.91 Å². The van der Waals surface area contributed by atoms with Gasteiger partial charge in [-0.25, -0.2) is 4.79 Å². The van der Waals surface area contributed by atoms with E-state index in [2.05, 4.69) is 10.6 Å². The van der Waals surface area contributed by atoms with Gasteiger partial charge in [-0.3, -0.25) is 9.59 Å². The van der Waals surface area contributed by atoms with Crippen molar-refractivity contribution in [2.75, 3.05) is 18.4 Å². The topological polar surface area (TPSA) is 108 Å². The maximum absolute atomic E-state index is 13.5.